The predicted molar refractivity (Wildman–Crippen MR) is 101 cm³/mol. The summed E-state index contributed by atoms with van der Waals surface area (Å²) < 4.78 is 31.8. The van der Waals surface area contributed by atoms with E-state index in [2.05, 4.69) is 5.32 Å². The molecular weight excluding hydrogens is 388 g/mol. The predicted octanol–water partition coefficient (Wildman–Crippen LogP) is 3.26. The van der Waals surface area contributed by atoms with Crippen molar-refractivity contribution in [2.24, 2.45) is 0 Å². The van der Waals surface area contributed by atoms with E-state index in [0.29, 0.717) is 10.9 Å². The number of rotatable bonds is 4. The maximum Gasteiger partial charge on any atom is 0.294 e. The second-order valence-corrected chi connectivity index (χ2v) is 7.47. The zero-order valence-electron chi connectivity index (χ0n) is 14.4. The molecule has 3 rings (SSSR count). The van der Waals surface area contributed by atoms with E-state index in [4.69, 9.17) is 4.55 Å². The van der Waals surface area contributed by atoms with Crippen LogP contribution in [0.15, 0.2) is 53.4 Å². The Morgan fingerprint density at radius 3 is 2.46 bits per heavy atom. The largest absolute Gasteiger partial charge is 0.506 e. The van der Waals surface area contributed by atoms with Crippen molar-refractivity contribution in [1.82, 2.24) is 0 Å². The number of nitro groups is 1. The van der Waals surface area contributed by atoms with Gasteiger partial charge in [0.1, 0.15) is 11.3 Å². The number of hydrogen-bond donors (Lipinski definition) is 3. The van der Waals surface area contributed by atoms with Gasteiger partial charge in [-0.25, -0.2) is 0 Å². The molecule has 0 spiro atoms. The van der Waals surface area contributed by atoms with Gasteiger partial charge in [0.25, 0.3) is 21.7 Å². The molecule has 144 valence electrons. The van der Waals surface area contributed by atoms with Gasteiger partial charge in [0.15, 0.2) is 0 Å². The number of amides is 1. The second kappa shape index (κ2) is 6.91. The zero-order valence-corrected chi connectivity index (χ0v) is 15.2. The minimum Gasteiger partial charge on any atom is -0.506 e. The number of nitrogens with one attached hydrogen (secondary N) is 1. The first kappa shape index (κ1) is 19.3. The summed E-state index contributed by atoms with van der Waals surface area (Å²) in [6.45, 7) is 1.67. The Hall–Kier alpha value is -3.50. The normalized spacial score (nSPS) is 11.4. The molecule has 0 bridgehead atoms. The maximum atomic E-state index is 12.7. The fraction of sp³-hybridized carbons (Fsp3) is 0.0556. The second-order valence-electron chi connectivity index (χ2n) is 6.05. The Kier molecular flexibility index (Phi) is 4.75. The molecule has 0 saturated carbocycles. The third-order valence-corrected chi connectivity index (χ3v) is 4.95. The van der Waals surface area contributed by atoms with Gasteiger partial charge in [0.05, 0.1) is 15.5 Å². The van der Waals surface area contributed by atoms with Crippen molar-refractivity contribution in [2.45, 2.75) is 11.8 Å². The first-order valence-corrected chi connectivity index (χ1v) is 9.31. The van der Waals surface area contributed by atoms with E-state index in [1.54, 1.807) is 6.92 Å². The van der Waals surface area contributed by atoms with Crippen molar-refractivity contribution < 1.29 is 27.8 Å². The van der Waals surface area contributed by atoms with E-state index in [0.717, 1.165) is 6.07 Å². The molecule has 0 radical (unpaired) electrons. The number of aryl methyl sites for hydroxylation is 1. The zero-order chi connectivity index (χ0) is 20.6. The van der Waals surface area contributed by atoms with Crippen LogP contribution in [0, 0.1) is 17.0 Å². The van der Waals surface area contributed by atoms with Gasteiger partial charge in [0.2, 0.25) is 0 Å². The van der Waals surface area contributed by atoms with Crippen LogP contribution in [-0.4, -0.2) is 28.9 Å². The molecule has 0 aliphatic heterocycles. The number of phenolic OH excluding ortho intramolecular Hbond substituents is 1. The summed E-state index contributed by atoms with van der Waals surface area (Å²) in [5.41, 5.74) is 0.0170. The molecule has 0 heterocycles. The number of hydrogen-bond acceptors (Lipinski definition) is 6. The third-order valence-electron chi connectivity index (χ3n) is 4.10. The molecular formula is C18H14N2O7S. The summed E-state index contributed by atoms with van der Waals surface area (Å²) in [6.07, 6.45) is 0. The van der Waals surface area contributed by atoms with Crippen molar-refractivity contribution in [2.75, 3.05) is 5.32 Å². The van der Waals surface area contributed by atoms with Gasteiger partial charge < -0.3 is 10.4 Å². The number of benzene rings is 3. The number of nitro benzene ring substituents is 1. The van der Waals surface area contributed by atoms with Gasteiger partial charge in [0, 0.05) is 11.5 Å². The summed E-state index contributed by atoms with van der Waals surface area (Å²) >= 11 is 0. The highest BCUT2D eigenvalue weighted by atomic mass is 32.2. The van der Waals surface area contributed by atoms with Crippen LogP contribution >= 0.6 is 0 Å². The molecule has 0 aliphatic carbocycles. The SMILES string of the molecule is Cc1ccc([N+](=O)[O-])c(C(=O)Nc2c(O)ccc3cc(S(=O)(=O)O)ccc23)c1. The van der Waals surface area contributed by atoms with E-state index < -0.39 is 26.6 Å². The molecule has 3 aromatic carbocycles. The van der Waals surface area contributed by atoms with Gasteiger partial charge in [-0.05, 0) is 42.1 Å². The minimum atomic E-state index is -4.43. The van der Waals surface area contributed by atoms with Gasteiger partial charge >= 0.3 is 0 Å². The molecule has 0 aromatic heterocycles. The van der Waals surface area contributed by atoms with Crippen LogP contribution in [0.1, 0.15) is 15.9 Å². The van der Waals surface area contributed by atoms with E-state index >= 15 is 0 Å². The lowest BCUT2D eigenvalue weighted by atomic mass is 10.1. The van der Waals surface area contributed by atoms with Crippen LogP contribution in [0.4, 0.5) is 11.4 Å². The minimum absolute atomic E-state index is 0.0415. The molecule has 28 heavy (non-hydrogen) atoms. The van der Waals surface area contributed by atoms with Gasteiger partial charge in [-0.2, -0.15) is 8.42 Å². The van der Waals surface area contributed by atoms with Gasteiger partial charge in [-0.15, -0.1) is 0 Å². The van der Waals surface area contributed by atoms with Crippen LogP contribution in [0.2, 0.25) is 0 Å². The van der Waals surface area contributed by atoms with Crippen molar-refractivity contribution >= 4 is 38.2 Å². The standard InChI is InChI=1S/C18H14N2O7S/c1-10-2-6-15(20(23)24)14(8-10)18(22)19-17-13-5-4-12(28(25,26)27)9-11(13)3-7-16(17)21/h2-9,21H,1H3,(H,19,22)(H,25,26,27). The van der Waals surface area contributed by atoms with Crippen molar-refractivity contribution in [3.05, 3.63) is 69.8 Å². The number of fused-ring (bicyclic) bond motifs is 1. The molecule has 10 heteroatoms. The molecule has 0 saturated heterocycles. The Labute approximate surface area is 159 Å². The van der Waals surface area contributed by atoms with E-state index in [9.17, 15) is 28.4 Å². The summed E-state index contributed by atoms with van der Waals surface area (Å²) in [7, 11) is -4.43. The monoisotopic (exact) mass is 402 g/mol. The average Bonchev–Trinajstić information content (AvgIpc) is 2.62. The quantitative estimate of drug-likeness (QED) is 0.263. The average molecular weight is 402 g/mol. The highest BCUT2D eigenvalue weighted by Gasteiger charge is 2.22. The number of carbonyl (C=O) groups is 1. The van der Waals surface area contributed by atoms with E-state index in [1.807, 2.05) is 0 Å². The van der Waals surface area contributed by atoms with Crippen LogP contribution in [-0.2, 0) is 10.1 Å². The van der Waals surface area contributed by atoms with Gasteiger partial charge in [-0.3, -0.25) is 19.5 Å². The molecule has 0 aliphatic rings. The number of phenols is 1. The molecule has 1 amide bonds. The van der Waals surface area contributed by atoms with Gasteiger partial charge in [-0.1, -0.05) is 18.2 Å². The lowest BCUT2D eigenvalue weighted by Crippen LogP contribution is -2.14. The van der Waals surface area contributed by atoms with Crippen LogP contribution in [0.25, 0.3) is 10.8 Å². The number of nitrogens with zero attached hydrogens (tertiary/aromatic N) is 1. The van der Waals surface area contributed by atoms with Crippen molar-refractivity contribution in [1.29, 1.82) is 0 Å². The molecule has 3 aromatic rings. The van der Waals surface area contributed by atoms with E-state index in [1.165, 1.54) is 42.5 Å². The molecule has 3 N–H and O–H groups in total. The Morgan fingerprint density at radius 1 is 1.11 bits per heavy atom. The Morgan fingerprint density at radius 2 is 1.82 bits per heavy atom. The Bertz CT molecular complexity index is 1240. The maximum absolute atomic E-state index is 12.7. The summed E-state index contributed by atoms with van der Waals surface area (Å²) in [4.78, 5) is 22.8. The summed E-state index contributed by atoms with van der Waals surface area (Å²) in [6, 6.07) is 10.3. The third kappa shape index (κ3) is 3.63. The number of carbonyl (C=O) groups excluding carboxylic acids is 1. The lowest BCUT2D eigenvalue weighted by Gasteiger charge is -2.12. The van der Waals surface area contributed by atoms with Crippen LogP contribution in [0.3, 0.4) is 0 Å². The smallest absolute Gasteiger partial charge is 0.294 e. The summed E-state index contributed by atoms with van der Waals surface area (Å²) in [5.74, 6) is -1.12. The summed E-state index contributed by atoms with van der Waals surface area (Å²) in [5, 5.41) is 24.4. The molecule has 0 atom stereocenters. The highest BCUT2D eigenvalue weighted by molar-refractivity contribution is 7.85. The fourth-order valence-electron chi connectivity index (χ4n) is 2.76. The first-order chi connectivity index (χ1) is 13.1. The van der Waals surface area contributed by atoms with Crippen LogP contribution < -0.4 is 5.32 Å². The lowest BCUT2D eigenvalue weighted by molar-refractivity contribution is -0.385. The molecule has 9 nitrogen and oxygen atoms in total. The number of anilines is 1. The topological polar surface area (TPSA) is 147 Å². The van der Waals surface area contributed by atoms with Crippen molar-refractivity contribution in [3.63, 3.8) is 0 Å². The molecule has 0 unspecified atom stereocenters. The fourth-order valence-corrected chi connectivity index (χ4v) is 3.28. The van der Waals surface area contributed by atoms with Crippen molar-refractivity contribution in [3.8, 4) is 5.75 Å². The van der Waals surface area contributed by atoms with E-state index in [-0.39, 0.29) is 27.3 Å². The first-order valence-electron chi connectivity index (χ1n) is 7.87. The molecule has 0 fully saturated rings. The number of aromatic hydroxyl groups is 1. The highest BCUT2D eigenvalue weighted by Crippen LogP contribution is 2.34. The van der Waals surface area contributed by atoms with Crippen LogP contribution in [0.5, 0.6) is 5.75 Å². The Balaban J connectivity index is 2.10.